The van der Waals surface area contributed by atoms with Gasteiger partial charge < -0.3 is 4.74 Å². The number of hydrogen-bond acceptors (Lipinski definition) is 1. The molecular formula is C23H20O. The number of rotatable bonds is 3. The maximum absolute atomic E-state index is 6.10. The molecule has 1 aliphatic heterocycles. The van der Waals surface area contributed by atoms with Crippen molar-refractivity contribution < 1.29 is 4.74 Å². The molecule has 0 saturated carbocycles. The average Bonchev–Trinajstić information content (AvgIpc) is 2.67. The Hall–Kier alpha value is -2.64. The highest BCUT2D eigenvalue weighted by Crippen LogP contribution is 2.33. The Morgan fingerprint density at radius 3 is 2.00 bits per heavy atom. The first kappa shape index (κ1) is 14.9. The molecule has 1 heteroatoms. The van der Waals surface area contributed by atoms with Crippen LogP contribution >= 0.6 is 0 Å². The third-order valence-electron chi connectivity index (χ3n) is 4.52. The van der Waals surface area contributed by atoms with Gasteiger partial charge in [0.1, 0.15) is 6.10 Å². The van der Waals surface area contributed by atoms with Crippen LogP contribution in [0, 0.1) is 0 Å². The van der Waals surface area contributed by atoms with Gasteiger partial charge in [0.25, 0.3) is 0 Å². The van der Waals surface area contributed by atoms with Gasteiger partial charge in [-0.05, 0) is 40.3 Å². The summed E-state index contributed by atoms with van der Waals surface area (Å²) in [6.45, 7) is 0.773. The lowest BCUT2D eigenvalue weighted by molar-refractivity contribution is 0.0753. The van der Waals surface area contributed by atoms with Crippen LogP contribution in [-0.2, 0) is 11.2 Å². The zero-order valence-electron chi connectivity index (χ0n) is 13.6. The highest BCUT2D eigenvalue weighted by atomic mass is 16.5. The molecule has 0 N–H and O–H groups in total. The summed E-state index contributed by atoms with van der Waals surface area (Å²) in [5, 5.41) is 0. The van der Waals surface area contributed by atoms with Crippen molar-refractivity contribution in [1.82, 2.24) is 0 Å². The molecule has 118 valence electrons. The van der Waals surface area contributed by atoms with Crippen LogP contribution in [-0.4, -0.2) is 6.61 Å². The SMILES string of the molecule is C(=C(c1ccccc1)c1ccccc1)C1OCCc2ccccc21. The van der Waals surface area contributed by atoms with Crippen LogP contribution in [0.4, 0.5) is 0 Å². The van der Waals surface area contributed by atoms with Gasteiger partial charge in [-0.1, -0.05) is 84.9 Å². The van der Waals surface area contributed by atoms with Crippen LogP contribution in [0.15, 0.2) is 91.0 Å². The summed E-state index contributed by atoms with van der Waals surface area (Å²) < 4.78 is 6.10. The van der Waals surface area contributed by atoms with E-state index in [1.165, 1.54) is 27.8 Å². The van der Waals surface area contributed by atoms with Gasteiger partial charge in [0.15, 0.2) is 0 Å². The lowest BCUT2D eigenvalue weighted by Crippen LogP contribution is -2.15. The minimum Gasteiger partial charge on any atom is -0.369 e. The maximum atomic E-state index is 6.10. The molecular weight excluding hydrogens is 292 g/mol. The topological polar surface area (TPSA) is 9.23 Å². The molecule has 24 heavy (non-hydrogen) atoms. The Balaban J connectivity index is 1.82. The van der Waals surface area contributed by atoms with Crippen molar-refractivity contribution in [2.45, 2.75) is 12.5 Å². The molecule has 3 aromatic rings. The average molecular weight is 312 g/mol. The summed E-state index contributed by atoms with van der Waals surface area (Å²) in [4.78, 5) is 0. The van der Waals surface area contributed by atoms with E-state index in [1.807, 2.05) is 0 Å². The van der Waals surface area contributed by atoms with Gasteiger partial charge in [0.2, 0.25) is 0 Å². The third-order valence-corrected chi connectivity index (χ3v) is 4.52. The van der Waals surface area contributed by atoms with Crippen molar-refractivity contribution in [2.24, 2.45) is 0 Å². The predicted octanol–water partition coefficient (Wildman–Crippen LogP) is 5.43. The van der Waals surface area contributed by atoms with Crippen LogP contribution in [0.2, 0.25) is 0 Å². The molecule has 0 aliphatic carbocycles. The van der Waals surface area contributed by atoms with E-state index in [0.29, 0.717) is 0 Å². The number of hydrogen-bond donors (Lipinski definition) is 0. The summed E-state index contributed by atoms with van der Waals surface area (Å²) in [6.07, 6.45) is 3.26. The molecule has 1 unspecified atom stereocenters. The molecule has 0 radical (unpaired) electrons. The minimum atomic E-state index is 0.00497. The molecule has 3 aromatic carbocycles. The smallest absolute Gasteiger partial charge is 0.102 e. The summed E-state index contributed by atoms with van der Waals surface area (Å²) in [7, 11) is 0. The van der Waals surface area contributed by atoms with E-state index < -0.39 is 0 Å². The summed E-state index contributed by atoms with van der Waals surface area (Å²) in [5.41, 5.74) is 6.34. The van der Waals surface area contributed by atoms with E-state index in [9.17, 15) is 0 Å². The summed E-state index contributed by atoms with van der Waals surface area (Å²) in [6, 6.07) is 29.7. The number of ether oxygens (including phenoxy) is 1. The summed E-state index contributed by atoms with van der Waals surface area (Å²) >= 11 is 0. The van der Waals surface area contributed by atoms with Crippen molar-refractivity contribution in [3.63, 3.8) is 0 Å². The highest BCUT2D eigenvalue weighted by molar-refractivity contribution is 5.80. The second-order valence-electron chi connectivity index (χ2n) is 6.05. The van der Waals surface area contributed by atoms with E-state index in [2.05, 4.69) is 91.0 Å². The standard InChI is InChI=1S/C23H20O/c1-3-9-18(10-4-1)22(19-11-5-2-6-12-19)17-23-21-14-8-7-13-20(21)15-16-24-23/h1-14,17,23H,15-16H2. The van der Waals surface area contributed by atoms with Crippen LogP contribution in [0.3, 0.4) is 0 Å². The van der Waals surface area contributed by atoms with Crippen molar-refractivity contribution in [2.75, 3.05) is 6.61 Å². The fourth-order valence-electron chi connectivity index (χ4n) is 3.31. The Bertz CT molecular complexity index is 793. The van der Waals surface area contributed by atoms with Gasteiger partial charge in [-0.15, -0.1) is 0 Å². The fourth-order valence-corrected chi connectivity index (χ4v) is 3.31. The highest BCUT2D eigenvalue weighted by Gasteiger charge is 2.19. The van der Waals surface area contributed by atoms with E-state index in [1.54, 1.807) is 0 Å². The normalized spacial score (nSPS) is 16.2. The molecule has 0 saturated heterocycles. The van der Waals surface area contributed by atoms with Gasteiger partial charge >= 0.3 is 0 Å². The van der Waals surface area contributed by atoms with E-state index in [4.69, 9.17) is 4.74 Å². The van der Waals surface area contributed by atoms with Gasteiger partial charge in [0, 0.05) is 0 Å². The second kappa shape index (κ2) is 6.86. The lowest BCUT2D eigenvalue weighted by atomic mass is 9.92. The van der Waals surface area contributed by atoms with E-state index in [-0.39, 0.29) is 6.10 Å². The van der Waals surface area contributed by atoms with Crippen LogP contribution in [0.25, 0.3) is 5.57 Å². The first-order chi connectivity index (χ1) is 11.9. The number of benzene rings is 3. The summed E-state index contributed by atoms with van der Waals surface area (Å²) in [5.74, 6) is 0. The first-order valence-electron chi connectivity index (χ1n) is 8.44. The van der Waals surface area contributed by atoms with Crippen LogP contribution < -0.4 is 0 Å². The monoisotopic (exact) mass is 312 g/mol. The Kier molecular flexibility index (Phi) is 4.26. The van der Waals surface area contributed by atoms with Gasteiger partial charge in [-0.3, -0.25) is 0 Å². The van der Waals surface area contributed by atoms with Crippen molar-refractivity contribution in [1.29, 1.82) is 0 Å². The predicted molar refractivity (Wildman–Crippen MR) is 98.8 cm³/mol. The Morgan fingerprint density at radius 2 is 1.33 bits per heavy atom. The second-order valence-corrected chi connectivity index (χ2v) is 6.05. The zero-order chi connectivity index (χ0) is 16.2. The third kappa shape index (κ3) is 3.04. The Morgan fingerprint density at radius 1 is 0.750 bits per heavy atom. The quantitative estimate of drug-likeness (QED) is 0.626. The first-order valence-corrected chi connectivity index (χ1v) is 8.44. The fraction of sp³-hybridized carbons (Fsp3) is 0.130. The van der Waals surface area contributed by atoms with Gasteiger partial charge in [0.05, 0.1) is 6.61 Å². The van der Waals surface area contributed by atoms with Crippen LogP contribution in [0.1, 0.15) is 28.4 Å². The van der Waals surface area contributed by atoms with Gasteiger partial charge in [-0.25, -0.2) is 0 Å². The van der Waals surface area contributed by atoms with Crippen LogP contribution in [0.5, 0.6) is 0 Å². The zero-order valence-corrected chi connectivity index (χ0v) is 13.6. The molecule has 0 amide bonds. The van der Waals surface area contributed by atoms with Gasteiger partial charge in [-0.2, -0.15) is 0 Å². The molecule has 4 rings (SSSR count). The molecule has 0 bridgehead atoms. The Labute approximate surface area is 143 Å². The van der Waals surface area contributed by atoms with E-state index >= 15 is 0 Å². The molecule has 0 fully saturated rings. The molecule has 0 aromatic heterocycles. The molecule has 0 spiro atoms. The van der Waals surface area contributed by atoms with E-state index in [0.717, 1.165) is 13.0 Å². The maximum Gasteiger partial charge on any atom is 0.102 e. The number of fused-ring (bicyclic) bond motifs is 1. The van der Waals surface area contributed by atoms with Crippen molar-refractivity contribution >= 4 is 5.57 Å². The largest absolute Gasteiger partial charge is 0.369 e. The minimum absolute atomic E-state index is 0.00497. The molecule has 1 heterocycles. The van der Waals surface area contributed by atoms with Crippen molar-refractivity contribution in [3.05, 3.63) is 113 Å². The molecule has 1 aliphatic rings. The molecule has 1 atom stereocenters. The molecule has 1 nitrogen and oxygen atoms in total. The lowest BCUT2D eigenvalue weighted by Gasteiger charge is -2.25. The van der Waals surface area contributed by atoms with Crippen molar-refractivity contribution in [3.8, 4) is 0 Å².